The van der Waals surface area contributed by atoms with Crippen molar-refractivity contribution in [1.29, 1.82) is 0 Å². The third-order valence-electron chi connectivity index (χ3n) is 1.55. The average Bonchev–Trinajstić information content (AvgIpc) is 2.54. The van der Waals surface area contributed by atoms with Crippen LogP contribution in [0, 0.1) is 0 Å². The van der Waals surface area contributed by atoms with Crippen molar-refractivity contribution in [3.63, 3.8) is 0 Å². The van der Waals surface area contributed by atoms with Gasteiger partial charge in [-0.1, -0.05) is 13.8 Å². The maximum Gasteiger partial charge on any atom is 0.141 e. The molecule has 0 saturated carbocycles. The van der Waals surface area contributed by atoms with Crippen LogP contribution in [0.25, 0.3) is 0 Å². The summed E-state index contributed by atoms with van der Waals surface area (Å²) >= 11 is 0. The monoisotopic (exact) mass is 168 g/mol. The summed E-state index contributed by atoms with van der Waals surface area (Å²) in [5, 5.41) is 0. The smallest absolute Gasteiger partial charge is 0.141 e. The van der Waals surface area contributed by atoms with Crippen molar-refractivity contribution in [2.45, 2.75) is 20.3 Å². The number of hydrogen-bond donors (Lipinski definition) is 1. The van der Waals surface area contributed by atoms with Gasteiger partial charge < -0.3 is 10.5 Å². The molecule has 2 N–H and O–H groups in total. The molecule has 2 heterocycles. The van der Waals surface area contributed by atoms with Crippen molar-refractivity contribution in [2.24, 2.45) is 0 Å². The lowest BCUT2D eigenvalue weighted by atomic mass is 10.3. The molecule has 0 amide bonds. The summed E-state index contributed by atoms with van der Waals surface area (Å²) < 4.78 is 5.24. The third kappa shape index (κ3) is 1.67. The molecule has 1 aromatic rings. The van der Waals surface area contributed by atoms with E-state index in [0.717, 1.165) is 24.5 Å². The van der Waals surface area contributed by atoms with Crippen molar-refractivity contribution in [1.82, 2.24) is 4.98 Å². The van der Waals surface area contributed by atoms with E-state index < -0.39 is 0 Å². The van der Waals surface area contributed by atoms with Crippen LogP contribution in [0.5, 0.6) is 5.75 Å². The Morgan fingerprint density at radius 1 is 1.50 bits per heavy atom. The van der Waals surface area contributed by atoms with Crippen molar-refractivity contribution < 1.29 is 6.16 Å². The first-order valence-corrected chi connectivity index (χ1v) is 4.24. The lowest BCUT2D eigenvalue weighted by molar-refractivity contribution is 0.357. The van der Waals surface area contributed by atoms with E-state index in [2.05, 4.69) is 4.98 Å². The van der Waals surface area contributed by atoms with Gasteiger partial charge in [0.05, 0.1) is 12.3 Å². The summed E-state index contributed by atoms with van der Waals surface area (Å²) in [6, 6.07) is 3.62. The highest BCUT2D eigenvalue weighted by Gasteiger charge is 2.12. The van der Waals surface area contributed by atoms with E-state index >= 15 is 0 Å². The van der Waals surface area contributed by atoms with Gasteiger partial charge in [-0.2, -0.15) is 0 Å². The highest BCUT2D eigenvalue weighted by molar-refractivity contribution is 5.39. The normalized spacial score (nSPS) is 12.5. The molecule has 0 atom stereocenters. The van der Waals surface area contributed by atoms with E-state index in [4.69, 9.17) is 10.5 Å². The van der Waals surface area contributed by atoms with Gasteiger partial charge in [0.1, 0.15) is 11.6 Å². The molecule has 0 bridgehead atoms. The number of rotatable bonds is 0. The maximum absolute atomic E-state index is 5.46. The molecule has 0 spiro atoms. The van der Waals surface area contributed by atoms with E-state index in [-0.39, 0.29) is 1.43 Å². The summed E-state index contributed by atoms with van der Waals surface area (Å²) in [5.74, 6) is 1.46. The Balaban J connectivity index is 0.000000451. The second kappa shape index (κ2) is 3.95. The summed E-state index contributed by atoms with van der Waals surface area (Å²) in [7, 11) is 0. The highest BCUT2D eigenvalue weighted by Crippen LogP contribution is 2.23. The van der Waals surface area contributed by atoms with Crippen molar-refractivity contribution in [2.75, 3.05) is 12.3 Å². The molecule has 0 aromatic carbocycles. The number of aromatic nitrogens is 1. The number of nitrogens with two attached hydrogens (primary N) is 1. The number of ether oxygens (including phenoxy) is 1. The quantitative estimate of drug-likeness (QED) is 0.643. The van der Waals surface area contributed by atoms with Crippen molar-refractivity contribution in [3.8, 4) is 5.75 Å². The lowest BCUT2D eigenvalue weighted by Crippen LogP contribution is -1.91. The number of anilines is 1. The molecule has 0 radical (unpaired) electrons. The van der Waals surface area contributed by atoms with E-state index in [9.17, 15) is 0 Å². The Bertz CT molecular complexity index is 266. The van der Waals surface area contributed by atoms with Crippen LogP contribution in [-0.2, 0) is 6.42 Å². The molecule has 0 saturated heterocycles. The number of nitrogen functional groups attached to an aromatic ring is 1. The fraction of sp³-hybridized carbons (Fsp3) is 0.444. The van der Waals surface area contributed by atoms with Gasteiger partial charge in [-0.25, -0.2) is 4.98 Å². The third-order valence-corrected chi connectivity index (χ3v) is 1.55. The minimum atomic E-state index is 0. The van der Waals surface area contributed by atoms with Gasteiger partial charge in [-0.05, 0) is 12.1 Å². The van der Waals surface area contributed by atoms with Crippen molar-refractivity contribution in [3.05, 3.63) is 17.8 Å². The molecule has 0 fully saturated rings. The second-order valence-electron chi connectivity index (χ2n) is 2.28. The largest absolute Gasteiger partial charge is 0.491 e. The number of hydrogen-bond acceptors (Lipinski definition) is 3. The van der Waals surface area contributed by atoms with E-state index in [1.165, 1.54) is 0 Å². The first kappa shape index (κ1) is 8.84. The molecule has 2 rings (SSSR count). The molecule has 1 aromatic heterocycles. The van der Waals surface area contributed by atoms with Gasteiger partial charge >= 0.3 is 0 Å². The zero-order valence-corrected chi connectivity index (χ0v) is 7.50. The fourth-order valence-corrected chi connectivity index (χ4v) is 1.07. The predicted molar refractivity (Wildman–Crippen MR) is 51.3 cm³/mol. The Labute approximate surface area is 74.0 Å². The molecule has 68 valence electrons. The van der Waals surface area contributed by atoms with Gasteiger partial charge in [0.25, 0.3) is 0 Å². The molecule has 1 aliphatic heterocycles. The average molecular weight is 168 g/mol. The van der Waals surface area contributed by atoms with Crippen LogP contribution in [0.3, 0.4) is 0 Å². The predicted octanol–water partition coefficient (Wildman–Crippen LogP) is 1.87. The number of fused-ring (bicyclic) bond motifs is 1. The molecule has 3 nitrogen and oxygen atoms in total. The zero-order valence-electron chi connectivity index (χ0n) is 7.50. The Hall–Kier alpha value is -1.25. The van der Waals surface area contributed by atoms with Crippen LogP contribution in [0.4, 0.5) is 5.82 Å². The SMILES string of the molecule is CC.Nc1ccc2c(n1)CCO2.[HH]. The highest BCUT2D eigenvalue weighted by atomic mass is 16.5. The van der Waals surface area contributed by atoms with Gasteiger partial charge in [0.15, 0.2) is 0 Å². The van der Waals surface area contributed by atoms with E-state index in [0.29, 0.717) is 5.82 Å². The molecule has 1 aliphatic rings. The van der Waals surface area contributed by atoms with Crippen LogP contribution >= 0.6 is 0 Å². The summed E-state index contributed by atoms with van der Waals surface area (Å²) in [6.45, 7) is 4.74. The topological polar surface area (TPSA) is 48.1 Å². The number of pyridine rings is 1. The lowest BCUT2D eigenvalue weighted by Gasteiger charge is -1.96. The van der Waals surface area contributed by atoms with E-state index in [1.54, 1.807) is 6.07 Å². The van der Waals surface area contributed by atoms with Crippen LogP contribution < -0.4 is 10.5 Å². The van der Waals surface area contributed by atoms with Gasteiger partial charge in [-0.3, -0.25) is 0 Å². The molecular weight excluding hydrogens is 152 g/mol. The standard InChI is InChI=1S/C7H8N2O.C2H6.H2/c8-7-2-1-6-5(9-7)3-4-10-6;1-2;/h1-2H,3-4H2,(H2,8,9);1-2H3;1H. The first-order chi connectivity index (χ1) is 5.86. The zero-order chi connectivity index (χ0) is 8.97. The Morgan fingerprint density at radius 3 is 3.00 bits per heavy atom. The molecule has 0 unspecified atom stereocenters. The second-order valence-corrected chi connectivity index (χ2v) is 2.28. The minimum absolute atomic E-state index is 0. The molecule has 12 heavy (non-hydrogen) atoms. The van der Waals surface area contributed by atoms with Crippen molar-refractivity contribution >= 4 is 5.82 Å². The van der Waals surface area contributed by atoms with Gasteiger partial charge in [0.2, 0.25) is 0 Å². The van der Waals surface area contributed by atoms with Crippen LogP contribution in [0.15, 0.2) is 12.1 Å². The van der Waals surface area contributed by atoms with E-state index in [1.807, 2.05) is 19.9 Å². The summed E-state index contributed by atoms with van der Waals surface area (Å²) in [4.78, 5) is 4.11. The van der Waals surface area contributed by atoms with Crippen LogP contribution in [-0.4, -0.2) is 11.6 Å². The minimum Gasteiger partial charge on any atom is -0.491 e. The summed E-state index contributed by atoms with van der Waals surface area (Å²) in [6.07, 6.45) is 0.889. The molecular formula is C9H16N2O. The molecule has 0 aliphatic carbocycles. The summed E-state index contributed by atoms with van der Waals surface area (Å²) in [5.41, 5.74) is 6.45. The molecule has 3 heteroatoms. The Kier molecular flexibility index (Phi) is 2.91. The van der Waals surface area contributed by atoms with Crippen LogP contribution in [0.1, 0.15) is 21.0 Å². The maximum atomic E-state index is 5.46. The van der Waals surface area contributed by atoms with Gasteiger partial charge in [-0.15, -0.1) is 0 Å². The van der Waals surface area contributed by atoms with Gasteiger partial charge in [0, 0.05) is 7.85 Å². The first-order valence-electron chi connectivity index (χ1n) is 4.24. The number of nitrogens with zero attached hydrogens (tertiary/aromatic N) is 1. The fourth-order valence-electron chi connectivity index (χ4n) is 1.07. The Morgan fingerprint density at radius 2 is 2.25 bits per heavy atom. The van der Waals surface area contributed by atoms with Crippen LogP contribution in [0.2, 0.25) is 0 Å².